The average molecular weight is 250 g/mol. The highest BCUT2D eigenvalue weighted by atomic mass is 32.1. The first-order chi connectivity index (χ1) is 8.34. The molecule has 4 heteroatoms. The van der Waals surface area contributed by atoms with E-state index in [1.54, 1.807) is 11.3 Å². The molecule has 1 N–H and O–H groups in total. The van der Waals surface area contributed by atoms with Crippen LogP contribution in [0.5, 0.6) is 0 Å². The summed E-state index contributed by atoms with van der Waals surface area (Å²) in [6.07, 6.45) is 3.63. The van der Waals surface area contributed by atoms with E-state index in [0.29, 0.717) is 12.0 Å². The Hall–Kier alpha value is -0.870. The molecule has 0 radical (unpaired) electrons. The number of piperidine rings is 2. The van der Waals surface area contributed by atoms with Crippen LogP contribution in [0.15, 0.2) is 17.5 Å². The molecule has 3 rings (SSSR count). The van der Waals surface area contributed by atoms with Gasteiger partial charge in [-0.2, -0.15) is 0 Å². The van der Waals surface area contributed by atoms with Gasteiger partial charge < -0.3 is 10.2 Å². The number of thiophene rings is 1. The fraction of sp³-hybridized carbons (Fsp3) is 0.615. The smallest absolute Gasteiger partial charge is 0.263 e. The minimum absolute atomic E-state index is 0.226. The van der Waals surface area contributed by atoms with Gasteiger partial charge in [0.25, 0.3) is 5.91 Å². The van der Waals surface area contributed by atoms with Crippen molar-refractivity contribution in [3.05, 3.63) is 22.4 Å². The molecule has 0 saturated carbocycles. The van der Waals surface area contributed by atoms with Crippen LogP contribution < -0.4 is 5.32 Å². The third-order valence-electron chi connectivity index (χ3n) is 3.91. The molecule has 92 valence electrons. The largest absolute Gasteiger partial charge is 0.338 e. The van der Waals surface area contributed by atoms with Crippen LogP contribution in [0.25, 0.3) is 0 Å². The van der Waals surface area contributed by atoms with E-state index in [0.717, 1.165) is 30.9 Å². The normalized spacial score (nSPS) is 28.8. The van der Waals surface area contributed by atoms with Crippen molar-refractivity contribution in [1.29, 1.82) is 0 Å². The van der Waals surface area contributed by atoms with Crippen LogP contribution in [-0.2, 0) is 0 Å². The quantitative estimate of drug-likeness (QED) is 0.826. The third-order valence-corrected chi connectivity index (χ3v) is 4.77. The van der Waals surface area contributed by atoms with Crippen LogP contribution in [0.2, 0.25) is 0 Å². The van der Waals surface area contributed by atoms with Gasteiger partial charge in [0, 0.05) is 19.1 Å². The zero-order valence-electron chi connectivity index (χ0n) is 9.89. The first-order valence-electron chi connectivity index (χ1n) is 6.41. The molecule has 0 spiro atoms. The number of nitrogens with one attached hydrogen (secondary N) is 1. The number of carbonyl (C=O) groups excluding carboxylic acids is 1. The summed E-state index contributed by atoms with van der Waals surface area (Å²) in [6, 6.07) is 4.53. The van der Waals surface area contributed by atoms with Gasteiger partial charge in [-0.1, -0.05) is 6.07 Å². The molecule has 3 heterocycles. The molecule has 1 amide bonds. The summed E-state index contributed by atoms with van der Waals surface area (Å²) >= 11 is 1.55. The van der Waals surface area contributed by atoms with Gasteiger partial charge >= 0.3 is 0 Å². The zero-order chi connectivity index (χ0) is 11.7. The van der Waals surface area contributed by atoms with Gasteiger partial charge in [0.2, 0.25) is 0 Å². The highest BCUT2D eigenvalue weighted by Crippen LogP contribution is 2.26. The lowest BCUT2D eigenvalue weighted by molar-refractivity contribution is 0.0597. The maximum absolute atomic E-state index is 12.3. The Morgan fingerprint density at radius 3 is 3.24 bits per heavy atom. The minimum atomic E-state index is 0.226. The highest BCUT2D eigenvalue weighted by Gasteiger charge is 2.33. The second kappa shape index (κ2) is 4.78. The Morgan fingerprint density at radius 1 is 1.47 bits per heavy atom. The van der Waals surface area contributed by atoms with Crippen molar-refractivity contribution in [3.8, 4) is 0 Å². The predicted octanol–water partition coefficient (Wildman–Crippen LogP) is 1.96. The maximum Gasteiger partial charge on any atom is 0.263 e. The summed E-state index contributed by atoms with van der Waals surface area (Å²) in [5.41, 5.74) is 0. The average Bonchev–Trinajstić information content (AvgIpc) is 2.91. The van der Waals surface area contributed by atoms with Crippen molar-refractivity contribution in [3.63, 3.8) is 0 Å². The molecule has 1 aromatic rings. The van der Waals surface area contributed by atoms with Gasteiger partial charge in [0.05, 0.1) is 4.88 Å². The summed E-state index contributed by atoms with van der Waals surface area (Å²) in [4.78, 5) is 15.2. The molecule has 0 unspecified atom stereocenters. The van der Waals surface area contributed by atoms with E-state index < -0.39 is 0 Å². The Morgan fingerprint density at radius 2 is 2.41 bits per heavy atom. The molecule has 2 saturated heterocycles. The Kier molecular flexibility index (Phi) is 3.16. The van der Waals surface area contributed by atoms with E-state index >= 15 is 0 Å². The number of nitrogens with zero attached hydrogens (tertiary/aromatic N) is 1. The molecule has 0 aliphatic carbocycles. The summed E-state index contributed by atoms with van der Waals surface area (Å²) in [6.45, 7) is 3.00. The van der Waals surface area contributed by atoms with E-state index in [1.165, 1.54) is 12.8 Å². The Labute approximate surface area is 106 Å². The Bertz CT molecular complexity index is 390. The molecule has 2 atom stereocenters. The lowest BCUT2D eigenvalue weighted by atomic mass is 9.85. The number of fused-ring (bicyclic) bond motifs is 1. The monoisotopic (exact) mass is 250 g/mol. The molecule has 0 bridgehead atoms. The minimum Gasteiger partial charge on any atom is -0.338 e. The van der Waals surface area contributed by atoms with E-state index in [1.807, 2.05) is 22.4 Å². The lowest BCUT2D eigenvalue weighted by Crippen LogP contribution is -2.53. The molecule has 17 heavy (non-hydrogen) atoms. The van der Waals surface area contributed by atoms with E-state index in [2.05, 4.69) is 5.32 Å². The zero-order valence-corrected chi connectivity index (χ0v) is 10.7. The fourth-order valence-corrected chi connectivity index (χ4v) is 3.68. The molecular formula is C13H18N2OS. The van der Waals surface area contributed by atoms with Gasteiger partial charge in [0.1, 0.15) is 0 Å². The first-order valence-corrected chi connectivity index (χ1v) is 7.29. The van der Waals surface area contributed by atoms with Crippen LogP contribution >= 0.6 is 11.3 Å². The van der Waals surface area contributed by atoms with Crippen LogP contribution in [0.3, 0.4) is 0 Å². The summed E-state index contributed by atoms with van der Waals surface area (Å²) in [5, 5.41) is 5.55. The van der Waals surface area contributed by atoms with Gasteiger partial charge in [-0.05, 0) is 43.2 Å². The van der Waals surface area contributed by atoms with Crippen LogP contribution in [0.4, 0.5) is 0 Å². The standard InChI is InChI=1S/C13H18N2OS/c16-13(12-4-2-8-17-12)15-7-5-11-10(9-15)3-1-6-14-11/h2,4,8,10-11,14H,1,3,5-7,9H2/t10-,11+/m1/s1. The first kappa shape index (κ1) is 11.2. The van der Waals surface area contributed by atoms with Crippen molar-refractivity contribution in [2.75, 3.05) is 19.6 Å². The molecule has 2 fully saturated rings. The fourth-order valence-electron chi connectivity index (χ4n) is 2.99. The molecule has 3 nitrogen and oxygen atoms in total. The van der Waals surface area contributed by atoms with Crippen molar-refractivity contribution in [2.24, 2.45) is 5.92 Å². The predicted molar refractivity (Wildman–Crippen MR) is 69.4 cm³/mol. The number of amides is 1. The number of hydrogen-bond donors (Lipinski definition) is 1. The highest BCUT2D eigenvalue weighted by molar-refractivity contribution is 7.12. The van der Waals surface area contributed by atoms with Gasteiger partial charge in [0.15, 0.2) is 0 Å². The summed E-state index contributed by atoms with van der Waals surface area (Å²) < 4.78 is 0. The Balaban J connectivity index is 1.67. The van der Waals surface area contributed by atoms with Gasteiger partial charge in [-0.25, -0.2) is 0 Å². The topological polar surface area (TPSA) is 32.3 Å². The second-order valence-corrected chi connectivity index (χ2v) is 5.93. The van der Waals surface area contributed by atoms with Gasteiger partial charge in [-0.3, -0.25) is 4.79 Å². The van der Waals surface area contributed by atoms with Crippen LogP contribution in [0, 0.1) is 5.92 Å². The summed E-state index contributed by atoms with van der Waals surface area (Å²) in [7, 11) is 0. The number of rotatable bonds is 1. The van der Waals surface area contributed by atoms with Gasteiger partial charge in [-0.15, -0.1) is 11.3 Å². The van der Waals surface area contributed by atoms with Crippen molar-refractivity contribution < 1.29 is 4.79 Å². The van der Waals surface area contributed by atoms with Crippen molar-refractivity contribution >= 4 is 17.2 Å². The molecule has 0 aromatic carbocycles. The molecule has 1 aromatic heterocycles. The van der Waals surface area contributed by atoms with E-state index in [-0.39, 0.29) is 5.91 Å². The number of carbonyl (C=O) groups is 1. The molecular weight excluding hydrogens is 232 g/mol. The molecule has 2 aliphatic heterocycles. The number of likely N-dealkylation sites (tertiary alicyclic amines) is 1. The lowest BCUT2D eigenvalue weighted by Gasteiger charge is -2.41. The van der Waals surface area contributed by atoms with Crippen molar-refractivity contribution in [1.82, 2.24) is 10.2 Å². The SMILES string of the molecule is O=C(c1cccs1)N1CC[C@@H]2NCCC[C@@H]2C1. The van der Waals surface area contributed by atoms with Crippen LogP contribution in [-0.4, -0.2) is 36.5 Å². The molecule has 2 aliphatic rings. The van der Waals surface area contributed by atoms with Crippen molar-refractivity contribution in [2.45, 2.75) is 25.3 Å². The third kappa shape index (κ3) is 2.24. The number of hydrogen-bond acceptors (Lipinski definition) is 3. The van der Waals surface area contributed by atoms with Crippen LogP contribution in [0.1, 0.15) is 28.9 Å². The summed E-state index contributed by atoms with van der Waals surface area (Å²) in [5.74, 6) is 0.894. The maximum atomic E-state index is 12.3. The van der Waals surface area contributed by atoms with E-state index in [9.17, 15) is 4.79 Å². The second-order valence-electron chi connectivity index (χ2n) is 4.98. The van der Waals surface area contributed by atoms with E-state index in [4.69, 9.17) is 0 Å².